The maximum absolute atomic E-state index is 6.06. The molecule has 0 bridgehead atoms. The minimum Gasteiger partial charge on any atom is -0.432 e. The molecule has 0 radical (unpaired) electrons. The van der Waals surface area contributed by atoms with E-state index in [-0.39, 0.29) is 0 Å². The van der Waals surface area contributed by atoms with Crippen molar-refractivity contribution >= 4 is 22.8 Å². The minimum atomic E-state index is 0.438. The van der Waals surface area contributed by atoms with Gasteiger partial charge in [0.1, 0.15) is 0 Å². The largest absolute Gasteiger partial charge is 0.432 e. The summed E-state index contributed by atoms with van der Waals surface area (Å²) in [6.45, 7) is 5.66. The molecule has 0 atom stereocenters. The summed E-state index contributed by atoms with van der Waals surface area (Å²) in [5.41, 5.74) is 1.26. The van der Waals surface area contributed by atoms with Crippen molar-refractivity contribution in [2.75, 3.05) is 0 Å². The molecule has 0 aliphatic heterocycles. The van der Waals surface area contributed by atoms with Crippen molar-refractivity contribution in [2.45, 2.75) is 58.8 Å². The third-order valence-corrected chi connectivity index (χ3v) is 3.69. The van der Waals surface area contributed by atoms with Gasteiger partial charge in [-0.05, 0) is 30.3 Å². The lowest BCUT2D eigenvalue weighted by molar-refractivity contribution is 0.304. The standard InChI is InChI=1S/C15H24BBrO/c1-3-5-11-16(12-6-4-2)18-13-14-7-9-15(17)10-8-14/h7-10H,3-6,11-13H2,1-2H3. The van der Waals surface area contributed by atoms with Crippen molar-refractivity contribution in [3.63, 3.8) is 0 Å². The van der Waals surface area contributed by atoms with Crippen LogP contribution in [0.2, 0.25) is 12.6 Å². The first kappa shape index (κ1) is 15.8. The maximum Gasteiger partial charge on any atom is 0.293 e. The number of unbranched alkanes of at least 4 members (excludes halogenated alkanes) is 2. The quantitative estimate of drug-likeness (QED) is 0.543. The van der Waals surface area contributed by atoms with Crippen molar-refractivity contribution in [2.24, 2.45) is 0 Å². The predicted molar refractivity (Wildman–Crippen MR) is 84.1 cm³/mol. The van der Waals surface area contributed by atoms with E-state index in [1.165, 1.54) is 43.9 Å². The van der Waals surface area contributed by atoms with Gasteiger partial charge in [0.25, 0.3) is 6.92 Å². The van der Waals surface area contributed by atoms with Crippen molar-refractivity contribution in [3.8, 4) is 0 Å². The van der Waals surface area contributed by atoms with E-state index >= 15 is 0 Å². The Labute approximate surface area is 121 Å². The Kier molecular flexibility index (Phi) is 8.44. The minimum absolute atomic E-state index is 0.438. The van der Waals surface area contributed by atoms with E-state index in [2.05, 4.69) is 54.0 Å². The van der Waals surface area contributed by atoms with E-state index in [0.29, 0.717) is 6.92 Å². The molecular weight excluding hydrogens is 287 g/mol. The monoisotopic (exact) mass is 310 g/mol. The smallest absolute Gasteiger partial charge is 0.293 e. The molecule has 100 valence electrons. The molecule has 0 saturated carbocycles. The van der Waals surface area contributed by atoms with Gasteiger partial charge in [-0.2, -0.15) is 0 Å². The molecule has 1 aromatic carbocycles. The van der Waals surface area contributed by atoms with Crippen LogP contribution in [0.4, 0.5) is 0 Å². The zero-order chi connectivity index (χ0) is 13.2. The van der Waals surface area contributed by atoms with Crippen LogP contribution < -0.4 is 0 Å². The zero-order valence-corrected chi connectivity index (χ0v) is 13.2. The molecule has 0 N–H and O–H groups in total. The molecule has 0 aliphatic rings. The molecule has 0 spiro atoms. The number of rotatable bonds is 9. The number of benzene rings is 1. The Balaban J connectivity index is 2.37. The van der Waals surface area contributed by atoms with Crippen LogP contribution in [0.1, 0.15) is 45.1 Å². The summed E-state index contributed by atoms with van der Waals surface area (Å²) >= 11 is 3.45. The summed E-state index contributed by atoms with van der Waals surface area (Å²) in [7, 11) is 0. The van der Waals surface area contributed by atoms with Gasteiger partial charge in [0.05, 0.1) is 6.61 Å². The van der Waals surface area contributed by atoms with Gasteiger partial charge in [-0.3, -0.25) is 0 Å². The molecule has 0 unspecified atom stereocenters. The summed E-state index contributed by atoms with van der Waals surface area (Å²) in [6, 6.07) is 8.40. The molecule has 0 saturated heterocycles. The predicted octanol–water partition coefficient (Wildman–Crippen LogP) is 5.56. The average Bonchev–Trinajstić information content (AvgIpc) is 2.40. The Hall–Kier alpha value is -0.275. The van der Waals surface area contributed by atoms with E-state index in [1.54, 1.807) is 0 Å². The highest BCUT2D eigenvalue weighted by atomic mass is 79.9. The Morgan fingerprint density at radius 2 is 1.56 bits per heavy atom. The highest BCUT2D eigenvalue weighted by molar-refractivity contribution is 9.10. The molecule has 1 aromatic rings. The SMILES string of the molecule is CCCCB(CCCC)OCc1ccc(Br)cc1. The molecule has 1 nitrogen and oxygen atoms in total. The molecular formula is C15H24BBrO. The van der Waals surface area contributed by atoms with Gasteiger partial charge in [-0.25, -0.2) is 0 Å². The maximum atomic E-state index is 6.06. The van der Waals surface area contributed by atoms with Gasteiger partial charge in [0.2, 0.25) is 0 Å². The fraction of sp³-hybridized carbons (Fsp3) is 0.600. The number of hydrogen-bond donors (Lipinski definition) is 0. The van der Waals surface area contributed by atoms with Crippen LogP contribution in [-0.4, -0.2) is 6.92 Å². The summed E-state index contributed by atoms with van der Waals surface area (Å²) < 4.78 is 7.18. The van der Waals surface area contributed by atoms with E-state index in [4.69, 9.17) is 4.65 Å². The zero-order valence-electron chi connectivity index (χ0n) is 11.6. The molecule has 1 rings (SSSR count). The van der Waals surface area contributed by atoms with Gasteiger partial charge in [0, 0.05) is 4.47 Å². The molecule has 3 heteroatoms. The van der Waals surface area contributed by atoms with E-state index in [0.717, 1.165) is 11.1 Å². The normalized spacial score (nSPS) is 10.6. The van der Waals surface area contributed by atoms with Gasteiger partial charge in [-0.15, -0.1) is 0 Å². The molecule has 0 aromatic heterocycles. The summed E-state index contributed by atoms with van der Waals surface area (Å²) in [5, 5.41) is 0. The lowest BCUT2D eigenvalue weighted by Gasteiger charge is -2.14. The Morgan fingerprint density at radius 1 is 1.00 bits per heavy atom. The van der Waals surface area contributed by atoms with Crippen LogP contribution >= 0.6 is 15.9 Å². The van der Waals surface area contributed by atoms with E-state index in [1.807, 2.05) is 0 Å². The van der Waals surface area contributed by atoms with E-state index < -0.39 is 0 Å². The van der Waals surface area contributed by atoms with Crippen molar-refractivity contribution in [1.29, 1.82) is 0 Å². The number of hydrogen-bond acceptors (Lipinski definition) is 1. The van der Waals surface area contributed by atoms with Gasteiger partial charge in [-0.1, -0.05) is 67.6 Å². The van der Waals surface area contributed by atoms with Gasteiger partial charge >= 0.3 is 0 Å². The molecule has 0 aliphatic carbocycles. The second kappa shape index (κ2) is 9.63. The Morgan fingerprint density at radius 3 is 2.06 bits per heavy atom. The molecule has 0 heterocycles. The second-order valence-electron chi connectivity index (χ2n) is 4.84. The van der Waals surface area contributed by atoms with Crippen LogP contribution in [0.5, 0.6) is 0 Å². The van der Waals surface area contributed by atoms with Crippen molar-refractivity contribution in [3.05, 3.63) is 34.3 Å². The lowest BCUT2D eigenvalue weighted by Crippen LogP contribution is -2.17. The molecule has 18 heavy (non-hydrogen) atoms. The van der Waals surface area contributed by atoms with Gasteiger partial charge in [0.15, 0.2) is 0 Å². The lowest BCUT2D eigenvalue weighted by atomic mass is 9.59. The first-order valence-corrected chi connectivity index (χ1v) is 7.91. The van der Waals surface area contributed by atoms with Crippen LogP contribution in [0.3, 0.4) is 0 Å². The summed E-state index contributed by atoms with van der Waals surface area (Å²) in [5.74, 6) is 0. The van der Waals surface area contributed by atoms with Crippen LogP contribution in [-0.2, 0) is 11.3 Å². The fourth-order valence-corrected chi connectivity index (χ4v) is 2.23. The molecule has 0 amide bonds. The Bertz CT molecular complexity index is 305. The third kappa shape index (κ3) is 6.60. The van der Waals surface area contributed by atoms with Crippen LogP contribution in [0.15, 0.2) is 28.7 Å². The average molecular weight is 311 g/mol. The van der Waals surface area contributed by atoms with Crippen molar-refractivity contribution < 1.29 is 4.65 Å². The first-order valence-electron chi connectivity index (χ1n) is 7.12. The topological polar surface area (TPSA) is 9.23 Å². The fourth-order valence-electron chi connectivity index (χ4n) is 1.97. The van der Waals surface area contributed by atoms with Crippen LogP contribution in [0.25, 0.3) is 0 Å². The van der Waals surface area contributed by atoms with Crippen molar-refractivity contribution in [1.82, 2.24) is 0 Å². The second-order valence-corrected chi connectivity index (χ2v) is 5.76. The first-order chi connectivity index (χ1) is 8.76. The summed E-state index contributed by atoms with van der Waals surface area (Å²) in [4.78, 5) is 0. The van der Waals surface area contributed by atoms with Crippen LogP contribution in [0, 0.1) is 0 Å². The third-order valence-electron chi connectivity index (χ3n) is 3.16. The van der Waals surface area contributed by atoms with E-state index in [9.17, 15) is 0 Å². The summed E-state index contributed by atoms with van der Waals surface area (Å²) in [6.07, 6.45) is 7.46. The van der Waals surface area contributed by atoms with Gasteiger partial charge < -0.3 is 4.65 Å². The molecule has 0 fully saturated rings. The highest BCUT2D eigenvalue weighted by Crippen LogP contribution is 2.15. The number of halogens is 1. The highest BCUT2D eigenvalue weighted by Gasteiger charge is 2.14.